The van der Waals surface area contributed by atoms with Crippen molar-refractivity contribution in [3.05, 3.63) is 0 Å². The van der Waals surface area contributed by atoms with Crippen LogP contribution < -0.4 is 5.32 Å². The minimum absolute atomic E-state index is 0.737. The number of halogens is 1. The Kier molecular flexibility index (Phi) is 3.58. The largest absolute Gasteiger partial charge is 0.374 e. The van der Waals surface area contributed by atoms with Gasteiger partial charge in [-0.15, -0.1) is 11.6 Å². The lowest BCUT2D eigenvalue weighted by atomic mass is 10.2. The van der Waals surface area contributed by atoms with E-state index in [1.165, 1.54) is 6.42 Å². The van der Waals surface area contributed by atoms with Crippen LogP contribution in [0.1, 0.15) is 19.3 Å². The summed E-state index contributed by atoms with van der Waals surface area (Å²) in [5.74, 6) is 1.88. The van der Waals surface area contributed by atoms with E-state index in [9.17, 15) is 0 Å². The van der Waals surface area contributed by atoms with Gasteiger partial charge in [0.2, 0.25) is 0 Å². The molecule has 3 heteroatoms. The summed E-state index contributed by atoms with van der Waals surface area (Å²) in [6.45, 7) is 2.08. The third kappa shape index (κ3) is 2.56. The Morgan fingerprint density at radius 1 is 1.60 bits per heavy atom. The van der Waals surface area contributed by atoms with Crippen molar-refractivity contribution in [3.8, 4) is 0 Å². The Morgan fingerprint density at radius 3 is 3.10 bits per heavy atom. The maximum absolute atomic E-state index is 5.54. The molecule has 0 aromatic heterocycles. The molecule has 58 valence electrons. The Morgan fingerprint density at radius 2 is 2.50 bits per heavy atom. The van der Waals surface area contributed by atoms with E-state index in [1.807, 2.05) is 0 Å². The fourth-order valence-corrected chi connectivity index (χ4v) is 1.12. The van der Waals surface area contributed by atoms with Gasteiger partial charge in [0.05, 0.1) is 5.84 Å². The van der Waals surface area contributed by atoms with Gasteiger partial charge >= 0.3 is 0 Å². The van der Waals surface area contributed by atoms with Crippen LogP contribution >= 0.6 is 11.6 Å². The summed E-state index contributed by atoms with van der Waals surface area (Å²) in [4.78, 5) is 4.31. The van der Waals surface area contributed by atoms with Gasteiger partial charge in [-0.3, -0.25) is 4.99 Å². The molecule has 1 heterocycles. The van der Waals surface area contributed by atoms with Crippen LogP contribution in [0.3, 0.4) is 0 Å². The Labute approximate surface area is 66.7 Å². The molecule has 2 nitrogen and oxygen atoms in total. The number of amidine groups is 1. The van der Waals surface area contributed by atoms with Crippen molar-refractivity contribution in [2.24, 2.45) is 4.99 Å². The lowest BCUT2D eigenvalue weighted by Crippen LogP contribution is -2.29. The smallest absolute Gasteiger partial charge is 0.0963 e. The van der Waals surface area contributed by atoms with Crippen molar-refractivity contribution in [1.29, 1.82) is 0 Å². The molecule has 0 atom stereocenters. The second-order valence-electron chi connectivity index (χ2n) is 2.40. The number of hydrogen-bond acceptors (Lipinski definition) is 2. The third-order valence-electron chi connectivity index (χ3n) is 1.51. The number of nitrogens with zero attached hydrogens (tertiary/aromatic N) is 1. The SMILES string of the molecule is ClCCCC1=NCCCN1. The number of hydrogen-bond donors (Lipinski definition) is 1. The van der Waals surface area contributed by atoms with E-state index in [4.69, 9.17) is 11.6 Å². The molecular weight excluding hydrogens is 148 g/mol. The van der Waals surface area contributed by atoms with Gasteiger partial charge in [-0.1, -0.05) is 0 Å². The normalized spacial score (nSPS) is 17.9. The van der Waals surface area contributed by atoms with Gasteiger partial charge in [0.15, 0.2) is 0 Å². The Hall–Kier alpha value is -0.240. The fourth-order valence-electron chi connectivity index (χ4n) is 0.983. The van der Waals surface area contributed by atoms with Crippen molar-refractivity contribution < 1.29 is 0 Å². The zero-order valence-corrected chi connectivity index (χ0v) is 6.82. The number of rotatable bonds is 3. The van der Waals surface area contributed by atoms with Crippen LogP contribution in [0.2, 0.25) is 0 Å². The third-order valence-corrected chi connectivity index (χ3v) is 1.78. The maximum atomic E-state index is 5.54. The Balaban J connectivity index is 2.18. The highest BCUT2D eigenvalue weighted by atomic mass is 35.5. The highest BCUT2D eigenvalue weighted by Crippen LogP contribution is 1.97. The number of nitrogens with one attached hydrogen (secondary N) is 1. The van der Waals surface area contributed by atoms with Crippen molar-refractivity contribution in [2.75, 3.05) is 19.0 Å². The summed E-state index contributed by atoms with van der Waals surface area (Å²) in [7, 11) is 0. The summed E-state index contributed by atoms with van der Waals surface area (Å²) in [5, 5.41) is 3.25. The van der Waals surface area contributed by atoms with Gasteiger partial charge in [-0.25, -0.2) is 0 Å². The summed E-state index contributed by atoms with van der Waals surface area (Å²) in [6, 6.07) is 0. The number of alkyl halides is 1. The summed E-state index contributed by atoms with van der Waals surface area (Å²) >= 11 is 5.54. The summed E-state index contributed by atoms with van der Waals surface area (Å²) < 4.78 is 0. The monoisotopic (exact) mass is 160 g/mol. The van der Waals surface area contributed by atoms with Gasteiger partial charge in [0.1, 0.15) is 0 Å². The van der Waals surface area contributed by atoms with E-state index in [0.29, 0.717) is 0 Å². The van der Waals surface area contributed by atoms with Crippen LogP contribution in [0.5, 0.6) is 0 Å². The van der Waals surface area contributed by atoms with E-state index >= 15 is 0 Å². The highest BCUT2D eigenvalue weighted by Gasteiger charge is 2.01. The van der Waals surface area contributed by atoms with E-state index in [0.717, 1.165) is 37.6 Å². The van der Waals surface area contributed by atoms with E-state index in [-0.39, 0.29) is 0 Å². The predicted molar refractivity (Wildman–Crippen MR) is 44.9 cm³/mol. The van der Waals surface area contributed by atoms with Crippen LogP contribution in [0.25, 0.3) is 0 Å². The van der Waals surface area contributed by atoms with E-state index in [1.54, 1.807) is 0 Å². The first-order valence-corrected chi connectivity index (χ1v) is 4.30. The van der Waals surface area contributed by atoms with Crippen molar-refractivity contribution in [1.82, 2.24) is 5.32 Å². The van der Waals surface area contributed by atoms with E-state index < -0.39 is 0 Å². The van der Waals surface area contributed by atoms with Crippen LogP contribution in [0, 0.1) is 0 Å². The minimum atomic E-state index is 0.737. The molecule has 1 aliphatic rings. The molecule has 10 heavy (non-hydrogen) atoms. The molecule has 1 aliphatic heterocycles. The van der Waals surface area contributed by atoms with Gasteiger partial charge in [-0.2, -0.15) is 0 Å². The first kappa shape index (κ1) is 7.86. The fraction of sp³-hybridized carbons (Fsp3) is 0.857. The minimum Gasteiger partial charge on any atom is -0.374 e. The molecule has 0 bridgehead atoms. The van der Waals surface area contributed by atoms with Crippen molar-refractivity contribution in [3.63, 3.8) is 0 Å². The molecule has 0 saturated carbocycles. The molecule has 0 unspecified atom stereocenters. The molecule has 1 rings (SSSR count). The zero-order valence-electron chi connectivity index (χ0n) is 6.07. The Bertz CT molecular complexity index is 123. The molecule has 0 saturated heterocycles. The quantitative estimate of drug-likeness (QED) is 0.621. The van der Waals surface area contributed by atoms with Gasteiger partial charge in [-0.05, 0) is 12.8 Å². The molecule has 0 aromatic carbocycles. The number of aliphatic imine (C=N–C) groups is 1. The first-order valence-electron chi connectivity index (χ1n) is 3.76. The highest BCUT2D eigenvalue weighted by molar-refractivity contribution is 6.17. The van der Waals surface area contributed by atoms with Gasteiger partial charge in [0.25, 0.3) is 0 Å². The van der Waals surface area contributed by atoms with Gasteiger partial charge < -0.3 is 5.32 Å². The molecule has 0 aliphatic carbocycles. The van der Waals surface area contributed by atoms with Crippen LogP contribution in [0.15, 0.2) is 4.99 Å². The van der Waals surface area contributed by atoms with Crippen molar-refractivity contribution >= 4 is 17.4 Å². The van der Waals surface area contributed by atoms with Gasteiger partial charge in [0, 0.05) is 25.4 Å². The molecule has 0 amide bonds. The molecule has 0 fully saturated rings. The lowest BCUT2D eigenvalue weighted by molar-refractivity contribution is 0.720. The topological polar surface area (TPSA) is 24.4 Å². The molecule has 0 radical (unpaired) electrons. The van der Waals surface area contributed by atoms with Crippen LogP contribution in [-0.4, -0.2) is 24.8 Å². The molecule has 0 aromatic rings. The summed E-state index contributed by atoms with van der Waals surface area (Å²) in [6.07, 6.45) is 3.22. The maximum Gasteiger partial charge on any atom is 0.0963 e. The average molecular weight is 161 g/mol. The molecule has 0 spiro atoms. The summed E-state index contributed by atoms with van der Waals surface area (Å²) in [5.41, 5.74) is 0. The lowest BCUT2D eigenvalue weighted by Gasteiger charge is -2.13. The standard InChI is InChI=1S/C7H13ClN2/c8-4-1-3-7-9-5-2-6-10-7/h1-6H2,(H,9,10). The molecular formula is C7H13ClN2. The van der Waals surface area contributed by atoms with Crippen molar-refractivity contribution in [2.45, 2.75) is 19.3 Å². The average Bonchev–Trinajstić information content (AvgIpc) is 2.03. The predicted octanol–water partition coefficient (Wildman–Crippen LogP) is 1.40. The van der Waals surface area contributed by atoms with Crippen LogP contribution in [-0.2, 0) is 0 Å². The second-order valence-corrected chi connectivity index (χ2v) is 2.78. The van der Waals surface area contributed by atoms with E-state index in [2.05, 4.69) is 10.3 Å². The molecule has 1 N–H and O–H groups in total. The zero-order chi connectivity index (χ0) is 7.23. The van der Waals surface area contributed by atoms with Crippen LogP contribution in [0.4, 0.5) is 0 Å². The second kappa shape index (κ2) is 4.56. The first-order chi connectivity index (χ1) is 4.93.